The zero-order valence-corrected chi connectivity index (χ0v) is 18.8. The van der Waals surface area contributed by atoms with Crippen LogP contribution in [0.1, 0.15) is 42.3 Å². The van der Waals surface area contributed by atoms with Crippen molar-refractivity contribution in [2.75, 3.05) is 10.6 Å². The number of aromatic nitrogens is 3. The van der Waals surface area contributed by atoms with Crippen LogP contribution in [0.25, 0.3) is 11.2 Å². The molecule has 0 saturated heterocycles. The summed E-state index contributed by atoms with van der Waals surface area (Å²) in [5.41, 5.74) is 4.85. The van der Waals surface area contributed by atoms with Crippen LogP contribution < -0.4 is 10.6 Å². The number of carbonyl (C=O) groups excluding carboxylic acids is 1. The number of nitrogens with one attached hydrogen (secondary N) is 3. The monoisotopic (exact) mass is 438 g/mol. The number of carbonyl (C=O) groups is 1. The zero-order valence-electron chi connectivity index (χ0n) is 18.8. The van der Waals surface area contributed by atoms with Crippen LogP contribution in [0.2, 0.25) is 0 Å². The Hall–Kier alpha value is -4.26. The Morgan fingerprint density at radius 1 is 1.03 bits per heavy atom. The summed E-state index contributed by atoms with van der Waals surface area (Å²) in [5, 5.41) is 13.8. The van der Waals surface area contributed by atoms with Gasteiger partial charge in [0.1, 0.15) is 5.65 Å². The van der Waals surface area contributed by atoms with Gasteiger partial charge in [-0.2, -0.15) is 0 Å². The summed E-state index contributed by atoms with van der Waals surface area (Å²) >= 11 is 0. The first-order chi connectivity index (χ1) is 15.8. The molecular formula is C26H26N6O. The van der Waals surface area contributed by atoms with E-state index in [9.17, 15) is 4.79 Å². The average molecular weight is 439 g/mol. The van der Waals surface area contributed by atoms with Crippen molar-refractivity contribution in [1.29, 1.82) is 5.41 Å². The highest BCUT2D eigenvalue weighted by Crippen LogP contribution is 2.23. The topological polar surface area (TPSA) is 95.2 Å². The largest absolute Gasteiger partial charge is 0.360 e. The van der Waals surface area contributed by atoms with Gasteiger partial charge in [0, 0.05) is 41.5 Å². The van der Waals surface area contributed by atoms with Crippen LogP contribution in [0, 0.1) is 5.41 Å². The minimum absolute atomic E-state index is 0.0333. The Balaban J connectivity index is 1.51. The van der Waals surface area contributed by atoms with E-state index in [2.05, 4.69) is 41.4 Å². The van der Waals surface area contributed by atoms with Crippen LogP contribution in [-0.4, -0.2) is 26.5 Å². The van der Waals surface area contributed by atoms with E-state index in [0.29, 0.717) is 22.6 Å². The van der Waals surface area contributed by atoms with Crippen molar-refractivity contribution in [1.82, 2.24) is 14.4 Å². The molecule has 4 rings (SSSR count). The first-order valence-electron chi connectivity index (χ1n) is 10.6. The molecule has 0 radical (unpaired) electrons. The fourth-order valence-electron chi connectivity index (χ4n) is 3.35. The molecule has 0 fully saturated rings. The molecule has 3 heterocycles. The van der Waals surface area contributed by atoms with Crippen molar-refractivity contribution in [2.24, 2.45) is 0 Å². The van der Waals surface area contributed by atoms with Gasteiger partial charge in [-0.25, -0.2) is 4.98 Å². The number of imidazole rings is 1. The smallest absolute Gasteiger partial charge is 0.256 e. The summed E-state index contributed by atoms with van der Waals surface area (Å²) in [6, 6.07) is 15.1. The lowest BCUT2D eigenvalue weighted by Gasteiger charge is -2.18. The van der Waals surface area contributed by atoms with Gasteiger partial charge >= 0.3 is 0 Å². The standard InChI is InChI=1S/C26H26N6O/c1-26(2,3)21-9-6-18(7-10-21)25(33)31-23-17-32-16-19(8-11-24(32)30-23)20(13-27)14-29-22-5-4-12-28-15-22/h4-17,27,29H,1-3H3,(H,31,33)/b20-14+,27-13?. The van der Waals surface area contributed by atoms with Gasteiger partial charge in [-0.1, -0.05) is 32.9 Å². The van der Waals surface area contributed by atoms with Gasteiger partial charge < -0.3 is 20.4 Å². The molecule has 4 aromatic rings. The highest BCUT2D eigenvalue weighted by atomic mass is 16.1. The molecule has 0 aliphatic carbocycles. The lowest BCUT2D eigenvalue weighted by Crippen LogP contribution is -2.14. The van der Waals surface area contributed by atoms with E-state index in [1.165, 1.54) is 11.8 Å². The van der Waals surface area contributed by atoms with Gasteiger partial charge in [0.25, 0.3) is 5.91 Å². The number of anilines is 2. The summed E-state index contributed by atoms with van der Waals surface area (Å²) < 4.78 is 1.83. The number of hydrogen-bond donors (Lipinski definition) is 3. The van der Waals surface area contributed by atoms with Crippen molar-refractivity contribution in [3.05, 3.63) is 96.2 Å². The number of hydrogen-bond acceptors (Lipinski definition) is 5. The molecule has 33 heavy (non-hydrogen) atoms. The first kappa shape index (κ1) is 22.0. The Morgan fingerprint density at radius 2 is 1.79 bits per heavy atom. The molecule has 3 N–H and O–H groups in total. The van der Waals surface area contributed by atoms with Gasteiger partial charge in [0.2, 0.25) is 0 Å². The Morgan fingerprint density at radius 3 is 2.45 bits per heavy atom. The summed E-state index contributed by atoms with van der Waals surface area (Å²) in [7, 11) is 0. The summed E-state index contributed by atoms with van der Waals surface area (Å²) in [6.45, 7) is 6.42. The van der Waals surface area contributed by atoms with Gasteiger partial charge in [0.05, 0.1) is 18.1 Å². The van der Waals surface area contributed by atoms with Gasteiger partial charge in [-0.3, -0.25) is 9.78 Å². The molecule has 3 aromatic heterocycles. The predicted molar refractivity (Wildman–Crippen MR) is 133 cm³/mol. The third kappa shape index (κ3) is 5.15. The number of nitrogens with zero attached hydrogens (tertiary/aromatic N) is 3. The Labute approximate surface area is 192 Å². The quantitative estimate of drug-likeness (QED) is 0.352. The van der Waals surface area contributed by atoms with E-state index in [1.807, 2.05) is 59.1 Å². The molecule has 1 amide bonds. The first-order valence-corrected chi connectivity index (χ1v) is 10.6. The van der Waals surface area contributed by atoms with E-state index in [4.69, 9.17) is 5.41 Å². The Bertz CT molecular complexity index is 1310. The van der Waals surface area contributed by atoms with Crippen LogP contribution in [0.4, 0.5) is 11.5 Å². The van der Waals surface area contributed by atoms with Crippen molar-refractivity contribution in [3.63, 3.8) is 0 Å². The second kappa shape index (κ2) is 9.08. The third-order valence-corrected chi connectivity index (χ3v) is 5.25. The number of pyridine rings is 2. The third-order valence-electron chi connectivity index (χ3n) is 5.25. The normalized spacial score (nSPS) is 11.9. The van der Waals surface area contributed by atoms with E-state index >= 15 is 0 Å². The Kier molecular flexibility index (Phi) is 6.04. The maximum Gasteiger partial charge on any atom is 0.256 e. The fraction of sp³-hybridized carbons (Fsp3) is 0.154. The van der Waals surface area contributed by atoms with Crippen LogP contribution >= 0.6 is 0 Å². The molecule has 1 aromatic carbocycles. The van der Waals surface area contributed by atoms with Gasteiger partial charge in [0.15, 0.2) is 5.82 Å². The summed E-state index contributed by atoms with van der Waals surface area (Å²) in [6.07, 6.45) is 10.1. The second-order valence-electron chi connectivity index (χ2n) is 8.72. The summed E-state index contributed by atoms with van der Waals surface area (Å²) in [4.78, 5) is 21.2. The highest BCUT2D eigenvalue weighted by molar-refractivity contribution is 6.08. The predicted octanol–water partition coefficient (Wildman–Crippen LogP) is 5.38. The van der Waals surface area contributed by atoms with Crippen LogP contribution in [-0.2, 0) is 5.41 Å². The van der Waals surface area contributed by atoms with E-state index < -0.39 is 0 Å². The van der Waals surface area contributed by atoms with E-state index in [0.717, 1.165) is 11.3 Å². The molecule has 0 atom stereocenters. The van der Waals surface area contributed by atoms with Crippen molar-refractivity contribution < 1.29 is 4.79 Å². The molecule has 7 heteroatoms. The average Bonchev–Trinajstić information content (AvgIpc) is 3.21. The number of benzene rings is 1. The zero-order chi connectivity index (χ0) is 23.4. The molecule has 0 bridgehead atoms. The van der Waals surface area contributed by atoms with Gasteiger partial charge in [-0.05, 0) is 47.4 Å². The minimum atomic E-state index is -0.208. The number of allylic oxidation sites excluding steroid dienone is 1. The lowest BCUT2D eigenvalue weighted by atomic mass is 9.87. The molecule has 0 spiro atoms. The molecular weight excluding hydrogens is 412 g/mol. The highest BCUT2D eigenvalue weighted by Gasteiger charge is 2.15. The van der Waals surface area contributed by atoms with Crippen LogP contribution in [0.15, 0.2) is 79.5 Å². The number of rotatable bonds is 6. The van der Waals surface area contributed by atoms with Gasteiger partial charge in [-0.15, -0.1) is 0 Å². The maximum atomic E-state index is 12.7. The van der Waals surface area contributed by atoms with Crippen molar-refractivity contribution in [2.45, 2.75) is 26.2 Å². The maximum absolute atomic E-state index is 12.7. The number of fused-ring (bicyclic) bond motifs is 1. The fourth-order valence-corrected chi connectivity index (χ4v) is 3.35. The molecule has 0 saturated carbocycles. The lowest BCUT2D eigenvalue weighted by molar-refractivity contribution is 0.102. The van der Waals surface area contributed by atoms with Crippen LogP contribution in [0.3, 0.4) is 0 Å². The molecule has 0 unspecified atom stereocenters. The summed E-state index contributed by atoms with van der Waals surface area (Å²) in [5.74, 6) is 0.255. The van der Waals surface area contributed by atoms with E-state index in [1.54, 1.807) is 24.8 Å². The second-order valence-corrected chi connectivity index (χ2v) is 8.72. The molecule has 0 aliphatic rings. The van der Waals surface area contributed by atoms with E-state index in [-0.39, 0.29) is 11.3 Å². The van der Waals surface area contributed by atoms with Crippen molar-refractivity contribution >= 4 is 34.8 Å². The van der Waals surface area contributed by atoms with Crippen molar-refractivity contribution in [3.8, 4) is 0 Å². The molecule has 166 valence electrons. The SMILES string of the molecule is CC(C)(C)c1ccc(C(=O)Nc2cn3cc(/C(C=N)=C/Nc4cccnc4)ccc3n2)cc1. The number of amides is 1. The molecule has 0 aliphatic heterocycles. The van der Waals surface area contributed by atoms with Crippen LogP contribution in [0.5, 0.6) is 0 Å². The molecule has 7 nitrogen and oxygen atoms in total. The minimum Gasteiger partial charge on any atom is -0.360 e.